The molecule has 0 radical (unpaired) electrons. The summed E-state index contributed by atoms with van der Waals surface area (Å²) in [6.07, 6.45) is 2.08. The van der Waals surface area contributed by atoms with Gasteiger partial charge in [0, 0.05) is 40.0 Å². The molecule has 0 aromatic carbocycles. The molecule has 0 saturated carbocycles. The molecule has 1 heterocycles. The van der Waals surface area contributed by atoms with Gasteiger partial charge in [0.25, 0.3) is 0 Å². The van der Waals surface area contributed by atoms with E-state index in [0.717, 1.165) is 13.0 Å². The lowest BCUT2D eigenvalue weighted by atomic mass is 10.3. The van der Waals surface area contributed by atoms with Crippen LogP contribution in [-0.4, -0.2) is 50.5 Å². The normalized spacial score (nSPS) is 10.5. The van der Waals surface area contributed by atoms with Crippen LogP contribution in [0.2, 0.25) is 0 Å². The summed E-state index contributed by atoms with van der Waals surface area (Å²) in [7, 11) is 3.29. The second-order valence-corrected chi connectivity index (χ2v) is 3.53. The van der Waals surface area contributed by atoms with E-state index in [2.05, 4.69) is 9.97 Å². The molecule has 0 fully saturated rings. The first-order valence-corrected chi connectivity index (χ1v) is 5.48. The molecule has 6 heteroatoms. The number of halogens is 1. The number of anilines is 1. The second-order valence-electron chi connectivity index (χ2n) is 3.53. The quantitative estimate of drug-likeness (QED) is 0.505. The number of hydrogen-bond acceptors (Lipinski definition) is 5. The Hall–Kier alpha value is -1.27. The Morgan fingerprint density at radius 2 is 1.94 bits per heavy atom. The number of hydrogen-bond donors (Lipinski definition) is 0. The van der Waals surface area contributed by atoms with Crippen LogP contribution in [0.15, 0.2) is 12.4 Å². The van der Waals surface area contributed by atoms with Gasteiger partial charge in [0.15, 0.2) is 0 Å². The molecule has 5 nitrogen and oxygen atoms in total. The van der Waals surface area contributed by atoms with E-state index >= 15 is 0 Å². The molecular weight excluding hydrogens is 225 g/mol. The van der Waals surface area contributed by atoms with E-state index in [1.807, 2.05) is 4.90 Å². The van der Waals surface area contributed by atoms with Crippen LogP contribution < -0.4 is 4.90 Å². The van der Waals surface area contributed by atoms with Crippen molar-refractivity contribution < 1.29 is 13.9 Å². The van der Waals surface area contributed by atoms with Gasteiger partial charge in [-0.25, -0.2) is 9.97 Å². The predicted octanol–water partition coefficient (Wildman–Crippen LogP) is 1.10. The molecule has 0 aliphatic rings. The minimum atomic E-state index is -0.524. The molecule has 0 N–H and O–H groups in total. The summed E-state index contributed by atoms with van der Waals surface area (Å²) in [5, 5.41) is 0. The first-order chi connectivity index (χ1) is 8.27. The Bertz CT molecular complexity index is 325. The molecule has 0 unspecified atom stereocenters. The van der Waals surface area contributed by atoms with Gasteiger partial charge in [-0.05, 0) is 6.42 Å². The van der Waals surface area contributed by atoms with Crippen LogP contribution in [0.4, 0.5) is 10.2 Å². The van der Waals surface area contributed by atoms with Gasteiger partial charge in [-0.1, -0.05) is 0 Å². The summed E-state index contributed by atoms with van der Waals surface area (Å²) < 4.78 is 23.0. The molecule has 1 aromatic rings. The molecule has 17 heavy (non-hydrogen) atoms. The lowest BCUT2D eigenvalue weighted by Crippen LogP contribution is -2.30. The van der Waals surface area contributed by atoms with Crippen LogP contribution in [0.5, 0.6) is 0 Å². The van der Waals surface area contributed by atoms with Crippen molar-refractivity contribution >= 4 is 5.82 Å². The Labute approximate surface area is 101 Å². The Morgan fingerprint density at radius 1 is 1.18 bits per heavy atom. The highest BCUT2D eigenvalue weighted by atomic mass is 19.1. The van der Waals surface area contributed by atoms with Gasteiger partial charge < -0.3 is 14.4 Å². The summed E-state index contributed by atoms with van der Waals surface area (Å²) in [5.74, 6) is 0.0508. The van der Waals surface area contributed by atoms with E-state index in [-0.39, 0.29) is 0 Å². The molecule has 0 spiro atoms. The van der Waals surface area contributed by atoms with Crippen LogP contribution in [0, 0.1) is 5.95 Å². The number of aromatic nitrogens is 2. The van der Waals surface area contributed by atoms with Gasteiger partial charge in [0.2, 0.25) is 5.95 Å². The molecule has 96 valence electrons. The summed E-state index contributed by atoms with van der Waals surface area (Å²) in [4.78, 5) is 9.44. The van der Waals surface area contributed by atoms with Crippen molar-refractivity contribution in [3.8, 4) is 0 Å². The smallest absolute Gasteiger partial charge is 0.218 e. The van der Waals surface area contributed by atoms with Gasteiger partial charge >= 0.3 is 0 Å². The monoisotopic (exact) mass is 243 g/mol. The van der Waals surface area contributed by atoms with E-state index in [4.69, 9.17) is 9.47 Å². The zero-order valence-corrected chi connectivity index (χ0v) is 10.2. The van der Waals surface area contributed by atoms with E-state index in [9.17, 15) is 4.39 Å². The molecular formula is C11H18FN3O2. The fraction of sp³-hybridized carbons (Fsp3) is 0.636. The third-order valence-electron chi connectivity index (χ3n) is 2.29. The van der Waals surface area contributed by atoms with Crippen molar-refractivity contribution in [1.82, 2.24) is 9.97 Å². The zero-order chi connectivity index (χ0) is 12.5. The molecule has 0 bridgehead atoms. The van der Waals surface area contributed by atoms with Crippen LogP contribution in [-0.2, 0) is 9.47 Å². The van der Waals surface area contributed by atoms with Crippen molar-refractivity contribution in [2.75, 3.05) is 45.4 Å². The fourth-order valence-corrected chi connectivity index (χ4v) is 1.44. The third kappa shape index (κ3) is 5.06. The zero-order valence-electron chi connectivity index (χ0n) is 10.2. The molecule has 0 atom stereocenters. The highest BCUT2D eigenvalue weighted by Crippen LogP contribution is 2.10. The maximum atomic E-state index is 13.0. The average molecular weight is 243 g/mol. The Morgan fingerprint density at radius 3 is 2.59 bits per heavy atom. The molecule has 0 aliphatic heterocycles. The highest BCUT2D eigenvalue weighted by Gasteiger charge is 2.08. The van der Waals surface area contributed by atoms with Crippen molar-refractivity contribution in [1.29, 1.82) is 0 Å². The average Bonchev–Trinajstić information content (AvgIpc) is 2.33. The predicted molar refractivity (Wildman–Crippen MR) is 62.6 cm³/mol. The first kappa shape index (κ1) is 13.8. The van der Waals surface area contributed by atoms with Crippen LogP contribution in [0.1, 0.15) is 6.42 Å². The van der Waals surface area contributed by atoms with Crippen LogP contribution in [0.3, 0.4) is 0 Å². The summed E-state index contributed by atoms with van der Waals surface area (Å²) in [6, 6.07) is 1.32. The molecule has 0 saturated heterocycles. The summed E-state index contributed by atoms with van der Waals surface area (Å²) in [6.45, 7) is 2.64. The van der Waals surface area contributed by atoms with Crippen molar-refractivity contribution in [3.63, 3.8) is 0 Å². The maximum Gasteiger partial charge on any atom is 0.218 e. The topological polar surface area (TPSA) is 47.5 Å². The lowest BCUT2D eigenvalue weighted by Gasteiger charge is -2.22. The van der Waals surface area contributed by atoms with Gasteiger partial charge in [-0.3, -0.25) is 0 Å². The van der Waals surface area contributed by atoms with Gasteiger partial charge in [0.05, 0.1) is 6.61 Å². The van der Waals surface area contributed by atoms with E-state index in [1.54, 1.807) is 14.2 Å². The number of methoxy groups -OCH3 is 2. The highest BCUT2D eigenvalue weighted by molar-refractivity contribution is 5.36. The van der Waals surface area contributed by atoms with E-state index in [0.29, 0.717) is 25.6 Å². The van der Waals surface area contributed by atoms with Crippen molar-refractivity contribution in [2.24, 2.45) is 0 Å². The van der Waals surface area contributed by atoms with E-state index in [1.165, 1.54) is 12.4 Å². The molecule has 0 aliphatic carbocycles. The van der Waals surface area contributed by atoms with Gasteiger partial charge in [-0.15, -0.1) is 0 Å². The first-order valence-electron chi connectivity index (χ1n) is 5.48. The largest absolute Gasteiger partial charge is 0.385 e. The Balaban J connectivity index is 2.60. The van der Waals surface area contributed by atoms with Crippen molar-refractivity contribution in [2.45, 2.75) is 6.42 Å². The fourth-order valence-electron chi connectivity index (χ4n) is 1.44. The number of rotatable bonds is 8. The maximum absolute atomic E-state index is 13.0. The Kier molecular flexibility index (Phi) is 6.42. The summed E-state index contributed by atoms with van der Waals surface area (Å²) >= 11 is 0. The number of nitrogens with zero attached hydrogens (tertiary/aromatic N) is 3. The van der Waals surface area contributed by atoms with Gasteiger partial charge in [0.1, 0.15) is 12.1 Å². The minimum Gasteiger partial charge on any atom is -0.385 e. The van der Waals surface area contributed by atoms with Crippen LogP contribution in [0.25, 0.3) is 0 Å². The SMILES string of the molecule is COCCCN(CCOC)c1cc(F)ncn1. The lowest BCUT2D eigenvalue weighted by molar-refractivity contribution is 0.191. The standard InChI is InChI=1S/C11H18FN3O2/c1-16-6-3-4-15(5-7-17-2)11-8-10(12)13-9-14-11/h8-9H,3-7H2,1-2H3. The summed E-state index contributed by atoms with van der Waals surface area (Å²) in [5.41, 5.74) is 0. The van der Waals surface area contributed by atoms with Crippen LogP contribution >= 0.6 is 0 Å². The van der Waals surface area contributed by atoms with Crippen molar-refractivity contribution in [3.05, 3.63) is 18.3 Å². The van der Waals surface area contributed by atoms with E-state index < -0.39 is 5.95 Å². The molecule has 0 amide bonds. The molecule has 1 aromatic heterocycles. The van der Waals surface area contributed by atoms with Gasteiger partial charge in [-0.2, -0.15) is 4.39 Å². The molecule has 1 rings (SSSR count). The minimum absolute atomic E-state index is 0.524. The number of ether oxygens (including phenoxy) is 2. The third-order valence-corrected chi connectivity index (χ3v) is 2.29. The second kappa shape index (κ2) is 7.92.